The summed E-state index contributed by atoms with van der Waals surface area (Å²) in [6, 6.07) is 18.4. The smallest absolute Gasteiger partial charge is 0.306 e. The fourth-order valence-corrected chi connectivity index (χ4v) is 4.72. The van der Waals surface area contributed by atoms with Gasteiger partial charge in [-0.25, -0.2) is 0 Å². The zero-order valence-electron chi connectivity index (χ0n) is 18.7. The number of carbonyl (C=O) groups is 1. The molecule has 1 saturated heterocycles. The molecule has 6 nitrogen and oxygen atoms in total. The highest BCUT2D eigenvalue weighted by Crippen LogP contribution is 2.44. The van der Waals surface area contributed by atoms with Gasteiger partial charge in [0, 0.05) is 11.6 Å². The molecule has 0 amide bonds. The van der Waals surface area contributed by atoms with Gasteiger partial charge in [-0.15, -0.1) is 0 Å². The number of rotatable bonds is 7. The lowest BCUT2D eigenvalue weighted by Crippen LogP contribution is -2.39. The van der Waals surface area contributed by atoms with Crippen molar-refractivity contribution >= 4 is 16.7 Å². The maximum absolute atomic E-state index is 11.5. The van der Waals surface area contributed by atoms with E-state index in [4.69, 9.17) is 14.2 Å². The Labute approximate surface area is 188 Å². The molecular weight excluding hydrogens is 406 g/mol. The van der Waals surface area contributed by atoms with Crippen molar-refractivity contribution < 1.29 is 24.1 Å². The van der Waals surface area contributed by atoms with E-state index in [9.17, 15) is 9.90 Å². The van der Waals surface area contributed by atoms with Crippen LogP contribution in [-0.2, 0) is 4.79 Å². The van der Waals surface area contributed by atoms with Gasteiger partial charge in [0.05, 0.1) is 33.3 Å². The zero-order valence-corrected chi connectivity index (χ0v) is 18.7. The van der Waals surface area contributed by atoms with E-state index in [0.717, 1.165) is 21.9 Å². The van der Waals surface area contributed by atoms with E-state index in [1.54, 1.807) is 21.3 Å². The summed E-state index contributed by atoms with van der Waals surface area (Å²) in [5.41, 5.74) is 2.12. The van der Waals surface area contributed by atoms with Crippen LogP contribution in [0.1, 0.15) is 30.0 Å². The number of hydrogen-bond donors (Lipinski definition) is 1. The van der Waals surface area contributed by atoms with Gasteiger partial charge in [-0.1, -0.05) is 42.5 Å². The molecule has 0 bridgehead atoms. The highest BCUT2D eigenvalue weighted by atomic mass is 16.5. The molecule has 1 aliphatic heterocycles. The Hall–Kier alpha value is -3.25. The van der Waals surface area contributed by atoms with Crippen LogP contribution in [0.2, 0.25) is 0 Å². The first-order valence-electron chi connectivity index (χ1n) is 10.8. The second-order valence-electron chi connectivity index (χ2n) is 8.07. The van der Waals surface area contributed by atoms with Gasteiger partial charge in [0.15, 0.2) is 11.5 Å². The summed E-state index contributed by atoms with van der Waals surface area (Å²) in [6.45, 7) is 1.37. The molecule has 168 valence electrons. The molecule has 6 heteroatoms. The number of benzene rings is 3. The largest absolute Gasteiger partial charge is 0.496 e. The highest BCUT2D eigenvalue weighted by molar-refractivity contribution is 5.86. The van der Waals surface area contributed by atoms with Crippen LogP contribution in [0.3, 0.4) is 0 Å². The van der Waals surface area contributed by atoms with Crippen LogP contribution in [0.25, 0.3) is 10.8 Å². The fraction of sp³-hybridized carbons (Fsp3) is 0.346. The second kappa shape index (κ2) is 9.49. The molecule has 1 fully saturated rings. The predicted octanol–water partition coefficient (Wildman–Crippen LogP) is 4.75. The van der Waals surface area contributed by atoms with E-state index >= 15 is 0 Å². The number of nitrogens with zero attached hydrogens (tertiary/aromatic N) is 1. The first kappa shape index (κ1) is 22.0. The molecule has 0 radical (unpaired) electrons. The van der Waals surface area contributed by atoms with Crippen molar-refractivity contribution in [1.29, 1.82) is 0 Å². The van der Waals surface area contributed by atoms with Crippen molar-refractivity contribution in [3.8, 4) is 17.2 Å². The van der Waals surface area contributed by atoms with Gasteiger partial charge in [0.1, 0.15) is 5.75 Å². The Morgan fingerprint density at radius 2 is 1.50 bits per heavy atom. The van der Waals surface area contributed by atoms with Gasteiger partial charge in [-0.05, 0) is 48.3 Å². The third-order valence-electron chi connectivity index (χ3n) is 6.39. The van der Waals surface area contributed by atoms with E-state index in [2.05, 4.69) is 35.2 Å². The maximum Gasteiger partial charge on any atom is 0.306 e. The molecule has 0 spiro atoms. The number of piperidine rings is 1. The third-order valence-corrected chi connectivity index (χ3v) is 6.39. The zero-order chi connectivity index (χ0) is 22.7. The lowest BCUT2D eigenvalue weighted by molar-refractivity contribution is -0.143. The van der Waals surface area contributed by atoms with Crippen LogP contribution in [-0.4, -0.2) is 50.4 Å². The lowest BCUT2D eigenvalue weighted by atomic mass is 9.88. The average molecular weight is 436 g/mol. The Morgan fingerprint density at radius 3 is 2.16 bits per heavy atom. The topological polar surface area (TPSA) is 68.2 Å². The summed E-state index contributed by atoms with van der Waals surface area (Å²) in [6.07, 6.45) is 1.23. The number of likely N-dealkylation sites (tertiary alicyclic amines) is 1. The minimum atomic E-state index is -0.713. The Kier molecular flexibility index (Phi) is 6.51. The van der Waals surface area contributed by atoms with Crippen molar-refractivity contribution in [1.82, 2.24) is 4.90 Å². The van der Waals surface area contributed by atoms with Crippen LogP contribution in [0, 0.1) is 5.92 Å². The monoisotopic (exact) mass is 435 g/mol. The van der Waals surface area contributed by atoms with E-state index in [0.29, 0.717) is 43.2 Å². The number of aliphatic carboxylic acids is 1. The van der Waals surface area contributed by atoms with Crippen LogP contribution in [0.4, 0.5) is 0 Å². The molecule has 32 heavy (non-hydrogen) atoms. The maximum atomic E-state index is 11.5. The Morgan fingerprint density at radius 1 is 0.875 bits per heavy atom. The summed E-state index contributed by atoms with van der Waals surface area (Å²) in [5.74, 6) is 0.936. The number of ether oxygens (including phenoxy) is 3. The Balaban J connectivity index is 1.88. The fourth-order valence-electron chi connectivity index (χ4n) is 4.72. The van der Waals surface area contributed by atoms with E-state index in [-0.39, 0.29) is 12.0 Å². The number of carboxylic acids is 1. The van der Waals surface area contributed by atoms with Gasteiger partial charge in [-0.2, -0.15) is 0 Å². The van der Waals surface area contributed by atoms with Gasteiger partial charge in [-0.3, -0.25) is 9.69 Å². The summed E-state index contributed by atoms with van der Waals surface area (Å²) in [5, 5.41) is 11.8. The number of carboxylic acid groups (broad SMARTS) is 1. The van der Waals surface area contributed by atoms with Gasteiger partial charge < -0.3 is 19.3 Å². The predicted molar refractivity (Wildman–Crippen MR) is 124 cm³/mol. The summed E-state index contributed by atoms with van der Waals surface area (Å²) >= 11 is 0. The normalized spacial score (nSPS) is 16.0. The molecule has 1 heterocycles. The van der Waals surface area contributed by atoms with Crippen molar-refractivity contribution in [2.75, 3.05) is 34.4 Å². The molecule has 0 aliphatic carbocycles. The first-order chi connectivity index (χ1) is 15.6. The summed E-state index contributed by atoms with van der Waals surface area (Å²) < 4.78 is 16.9. The molecule has 3 aromatic rings. The van der Waals surface area contributed by atoms with E-state index in [1.165, 1.54) is 0 Å². The minimum Gasteiger partial charge on any atom is -0.496 e. The Bertz CT molecular complexity index is 1100. The molecule has 1 atom stereocenters. The van der Waals surface area contributed by atoms with E-state index < -0.39 is 5.97 Å². The third kappa shape index (κ3) is 4.10. The van der Waals surface area contributed by atoms with Crippen molar-refractivity contribution in [3.63, 3.8) is 0 Å². The lowest BCUT2D eigenvalue weighted by Gasteiger charge is -2.38. The SMILES string of the molecule is COc1cc(OC)c(C(c2cccc3ccccc23)N2CCC(C(=O)O)CC2)cc1OC. The number of methoxy groups -OCH3 is 3. The van der Waals surface area contributed by atoms with Crippen molar-refractivity contribution in [2.45, 2.75) is 18.9 Å². The molecule has 1 unspecified atom stereocenters. The average Bonchev–Trinajstić information content (AvgIpc) is 2.84. The first-order valence-corrected chi connectivity index (χ1v) is 10.8. The highest BCUT2D eigenvalue weighted by Gasteiger charge is 2.33. The van der Waals surface area contributed by atoms with Crippen LogP contribution < -0.4 is 14.2 Å². The minimum absolute atomic E-state index is 0.120. The van der Waals surface area contributed by atoms with Crippen molar-refractivity contribution in [3.05, 3.63) is 65.7 Å². The van der Waals surface area contributed by atoms with Crippen LogP contribution in [0.15, 0.2) is 54.6 Å². The molecule has 3 aromatic carbocycles. The molecule has 1 N–H and O–H groups in total. The number of hydrogen-bond acceptors (Lipinski definition) is 5. The molecular formula is C26H29NO5. The van der Waals surface area contributed by atoms with Gasteiger partial charge >= 0.3 is 5.97 Å². The van der Waals surface area contributed by atoms with Gasteiger partial charge in [0.2, 0.25) is 0 Å². The summed E-state index contributed by atoms with van der Waals surface area (Å²) in [4.78, 5) is 13.9. The second-order valence-corrected chi connectivity index (χ2v) is 8.07. The van der Waals surface area contributed by atoms with Crippen LogP contribution >= 0.6 is 0 Å². The molecule has 0 saturated carbocycles. The van der Waals surface area contributed by atoms with Crippen molar-refractivity contribution in [2.24, 2.45) is 5.92 Å². The van der Waals surface area contributed by atoms with Crippen LogP contribution in [0.5, 0.6) is 17.2 Å². The number of fused-ring (bicyclic) bond motifs is 1. The standard InChI is InChI=1S/C26H29NO5/c1-30-22-16-24(32-3)23(31-2)15-21(22)25(27-13-11-18(12-14-27)26(28)29)20-10-6-8-17-7-4-5-9-19(17)20/h4-10,15-16,18,25H,11-14H2,1-3H3,(H,28,29). The van der Waals surface area contributed by atoms with Gasteiger partial charge in [0.25, 0.3) is 0 Å². The quantitative estimate of drug-likeness (QED) is 0.578. The molecule has 4 rings (SSSR count). The summed E-state index contributed by atoms with van der Waals surface area (Å²) in [7, 11) is 4.89. The van der Waals surface area contributed by atoms with E-state index in [1.807, 2.05) is 24.3 Å². The molecule has 1 aliphatic rings. The molecule has 0 aromatic heterocycles.